The van der Waals surface area contributed by atoms with E-state index in [2.05, 4.69) is 42.7 Å². The van der Waals surface area contributed by atoms with Crippen LogP contribution in [-0.4, -0.2) is 31.2 Å². The monoisotopic (exact) mass is 506 g/mol. The van der Waals surface area contributed by atoms with E-state index in [1.807, 2.05) is 42.5 Å². The fourth-order valence-corrected chi connectivity index (χ4v) is 3.87. The molecule has 0 saturated carbocycles. The zero-order chi connectivity index (χ0) is 24.5. The molecule has 0 fully saturated rings. The van der Waals surface area contributed by atoms with Crippen molar-refractivity contribution in [2.75, 3.05) is 5.73 Å². The Morgan fingerprint density at radius 3 is 2.57 bits per heavy atom. The lowest BCUT2D eigenvalue weighted by molar-refractivity contribution is 0.0938. The number of amides is 1. The SMILES string of the molecule is C=C(NNC(=O)c1nnn(-c2nonc2N)c1-c1ccc(Cl)c(Cl)c1)c1cccc2ccccc12. The van der Waals surface area contributed by atoms with Gasteiger partial charge in [0, 0.05) is 11.1 Å². The average molecular weight is 507 g/mol. The van der Waals surface area contributed by atoms with E-state index in [1.165, 1.54) is 4.68 Å². The van der Waals surface area contributed by atoms with Crippen molar-refractivity contribution < 1.29 is 9.42 Å². The largest absolute Gasteiger partial charge is 0.378 e. The summed E-state index contributed by atoms with van der Waals surface area (Å²) in [5.41, 5.74) is 13.3. The molecule has 1 amide bonds. The fraction of sp³-hybridized carbons (Fsp3) is 0. The van der Waals surface area contributed by atoms with Gasteiger partial charge in [0.1, 0.15) is 5.69 Å². The van der Waals surface area contributed by atoms with E-state index in [0.717, 1.165) is 16.3 Å². The second kappa shape index (κ2) is 9.09. The van der Waals surface area contributed by atoms with Crippen LogP contribution in [0.3, 0.4) is 0 Å². The van der Waals surface area contributed by atoms with Crippen LogP contribution in [0.2, 0.25) is 10.0 Å². The van der Waals surface area contributed by atoms with Crippen molar-refractivity contribution >= 4 is 51.4 Å². The Morgan fingerprint density at radius 2 is 1.80 bits per heavy atom. The Kier molecular flexibility index (Phi) is 5.81. The van der Waals surface area contributed by atoms with Crippen LogP contribution in [0.5, 0.6) is 0 Å². The molecule has 3 aromatic carbocycles. The van der Waals surface area contributed by atoms with Gasteiger partial charge >= 0.3 is 0 Å². The van der Waals surface area contributed by atoms with Gasteiger partial charge in [0.2, 0.25) is 11.6 Å². The van der Waals surface area contributed by atoms with E-state index in [0.29, 0.717) is 16.3 Å². The Bertz CT molecular complexity index is 1590. The third-order valence-corrected chi connectivity index (χ3v) is 5.96. The van der Waals surface area contributed by atoms with Crippen LogP contribution < -0.4 is 16.6 Å². The molecule has 12 heteroatoms. The Hall–Kier alpha value is -4.41. The molecule has 0 unspecified atom stereocenters. The van der Waals surface area contributed by atoms with E-state index in [4.69, 9.17) is 28.9 Å². The van der Waals surface area contributed by atoms with Crippen LogP contribution in [0.4, 0.5) is 5.82 Å². The summed E-state index contributed by atoms with van der Waals surface area (Å²) in [4.78, 5) is 13.2. The lowest BCUT2D eigenvalue weighted by Gasteiger charge is -2.13. The number of hydrogen-bond donors (Lipinski definition) is 3. The topological polar surface area (TPSA) is 137 Å². The van der Waals surface area contributed by atoms with E-state index < -0.39 is 5.91 Å². The van der Waals surface area contributed by atoms with Crippen LogP contribution in [0.25, 0.3) is 33.5 Å². The van der Waals surface area contributed by atoms with Crippen LogP contribution >= 0.6 is 23.2 Å². The van der Waals surface area contributed by atoms with E-state index in [-0.39, 0.29) is 28.0 Å². The van der Waals surface area contributed by atoms with Crippen LogP contribution in [0.15, 0.2) is 71.9 Å². The number of carbonyl (C=O) groups is 1. The molecule has 0 spiro atoms. The third-order valence-electron chi connectivity index (χ3n) is 5.22. The van der Waals surface area contributed by atoms with Crippen molar-refractivity contribution in [3.05, 3.63) is 88.5 Å². The molecule has 4 N–H and O–H groups in total. The van der Waals surface area contributed by atoms with E-state index >= 15 is 0 Å². The summed E-state index contributed by atoms with van der Waals surface area (Å²) in [6.07, 6.45) is 0. The molecule has 2 heterocycles. The summed E-state index contributed by atoms with van der Waals surface area (Å²) in [6, 6.07) is 18.5. The van der Waals surface area contributed by atoms with Gasteiger partial charge in [-0.25, -0.2) is 4.63 Å². The highest BCUT2D eigenvalue weighted by Crippen LogP contribution is 2.31. The normalized spacial score (nSPS) is 10.9. The van der Waals surface area contributed by atoms with Gasteiger partial charge in [0.25, 0.3) is 5.91 Å². The van der Waals surface area contributed by atoms with Gasteiger partial charge in [-0.05, 0) is 33.2 Å². The Labute approximate surface area is 208 Å². The second-order valence-electron chi connectivity index (χ2n) is 7.38. The van der Waals surface area contributed by atoms with Crippen molar-refractivity contribution in [2.45, 2.75) is 0 Å². The Balaban J connectivity index is 1.48. The summed E-state index contributed by atoms with van der Waals surface area (Å²) < 4.78 is 5.92. The number of rotatable bonds is 6. The van der Waals surface area contributed by atoms with Gasteiger partial charge in [0.05, 0.1) is 15.7 Å². The summed E-state index contributed by atoms with van der Waals surface area (Å²) >= 11 is 12.3. The van der Waals surface area contributed by atoms with Gasteiger partial charge in [-0.15, -0.1) is 5.10 Å². The number of aromatic nitrogens is 5. The maximum Gasteiger partial charge on any atom is 0.292 e. The van der Waals surface area contributed by atoms with Gasteiger partial charge in [-0.2, -0.15) is 4.68 Å². The lowest BCUT2D eigenvalue weighted by Crippen LogP contribution is -2.36. The molecule has 0 atom stereocenters. The van der Waals surface area contributed by atoms with E-state index in [1.54, 1.807) is 18.2 Å². The number of benzene rings is 3. The predicted molar refractivity (Wildman–Crippen MR) is 133 cm³/mol. The molecule has 10 nitrogen and oxygen atoms in total. The zero-order valence-corrected chi connectivity index (χ0v) is 19.4. The molecule has 174 valence electrons. The van der Waals surface area contributed by atoms with Gasteiger partial charge in [-0.3, -0.25) is 15.6 Å². The highest BCUT2D eigenvalue weighted by Gasteiger charge is 2.26. The standard InChI is InChI=1S/C23H16Cl2N8O2/c1-12(15-8-4-6-13-5-2-3-7-16(13)15)27-29-23(34)19-20(14-9-10-17(24)18(25)11-14)33(32-28-19)22-21(26)30-35-31-22/h2-11,27H,1H2,(H2,26,30)(H,29,34). The number of halogens is 2. The minimum absolute atomic E-state index is 0.0365. The molecule has 0 aliphatic rings. The number of nitrogens with zero attached hydrogens (tertiary/aromatic N) is 5. The summed E-state index contributed by atoms with van der Waals surface area (Å²) in [5, 5.41) is 18.0. The fourth-order valence-electron chi connectivity index (χ4n) is 3.57. The molecule has 0 saturated heterocycles. The maximum absolute atomic E-state index is 13.2. The first-order valence-corrected chi connectivity index (χ1v) is 10.9. The molecule has 5 aromatic rings. The summed E-state index contributed by atoms with van der Waals surface area (Å²) in [5.74, 6) is -0.565. The van der Waals surface area contributed by atoms with Crippen LogP contribution in [-0.2, 0) is 0 Å². The van der Waals surface area contributed by atoms with Crippen molar-refractivity contribution in [2.24, 2.45) is 0 Å². The minimum Gasteiger partial charge on any atom is -0.378 e. The average Bonchev–Trinajstić information content (AvgIpc) is 3.49. The van der Waals surface area contributed by atoms with Crippen molar-refractivity contribution in [1.82, 2.24) is 36.2 Å². The van der Waals surface area contributed by atoms with Crippen molar-refractivity contribution in [3.63, 3.8) is 0 Å². The molecular formula is C23H16Cl2N8O2. The Morgan fingerprint density at radius 1 is 1.00 bits per heavy atom. The third kappa shape index (κ3) is 4.16. The summed E-state index contributed by atoms with van der Waals surface area (Å²) in [7, 11) is 0. The number of nitrogens with two attached hydrogens (primary N) is 1. The zero-order valence-electron chi connectivity index (χ0n) is 17.9. The quantitative estimate of drug-likeness (QED) is 0.290. The summed E-state index contributed by atoms with van der Waals surface area (Å²) in [6.45, 7) is 4.05. The first-order valence-electron chi connectivity index (χ1n) is 10.2. The van der Waals surface area contributed by atoms with Gasteiger partial charge in [-0.1, -0.05) is 83.5 Å². The molecule has 35 heavy (non-hydrogen) atoms. The van der Waals surface area contributed by atoms with Gasteiger partial charge < -0.3 is 5.73 Å². The lowest BCUT2D eigenvalue weighted by atomic mass is 10.0. The molecule has 0 radical (unpaired) electrons. The maximum atomic E-state index is 13.2. The number of fused-ring (bicyclic) bond motifs is 1. The van der Waals surface area contributed by atoms with E-state index in [9.17, 15) is 4.79 Å². The highest BCUT2D eigenvalue weighted by molar-refractivity contribution is 6.42. The van der Waals surface area contributed by atoms with Crippen LogP contribution in [0, 0.1) is 0 Å². The highest BCUT2D eigenvalue weighted by atomic mass is 35.5. The number of nitrogens with one attached hydrogen (secondary N) is 2. The van der Waals surface area contributed by atoms with Crippen molar-refractivity contribution in [1.29, 1.82) is 0 Å². The first-order chi connectivity index (χ1) is 16.9. The number of nitrogen functional groups attached to an aromatic ring is 1. The smallest absolute Gasteiger partial charge is 0.292 e. The molecule has 0 aliphatic carbocycles. The van der Waals surface area contributed by atoms with Crippen LogP contribution in [0.1, 0.15) is 16.1 Å². The van der Waals surface area contributed by atoms with Crippen molar-refractivity contribution in [3.8, 4) is 17.1 Å². The number of hydrazine groups is 1. The molecular weight excluding hydrogens is 491 g/mol. The second-order valence-corrected chi connectivity index (χ2v) is 8.20. The predicted octanol–water partition coefficient (Wildman–Crippen LogP) is 4.26. The molecule has 0 bridgehead atoms. The number of carbonyl (C=O) groups excluding carboxylic acids is 1. The number of hydrogen-bond acceptors (Lipinski definition) is 8. The van der Waals surface area contributed by atoms with Gasteiger partial charge in [0.15, 0.2) is 5.69 Å². The first kappa shape index (κ1) is 22.4. The number of anilines is 1. The minimum atomic E-state index is -0.589. The molecule has 2 aromatic heterocycles. The molecule has 5 rings (SSSR count). The molecule has 0 aliphatic heterocycles.